The van der Waals surface area contributed by atoms with Gasteiger partial charge in [-0.25, -0.2) is 4.79 Å². The fraction of sp³-hybridized carbons (Fsp3) is 0.235. The lowest BCUT2D eigenvalue weighted by molar-refractivity contribution is 0.0470. The maximum Gasteiger partial charge on any atom is 0.340 e. The quantitative estimate of drug-likeness (QED) is 0.806. The lowest BCUT2D eigenvalue weighted by atomic mass is 10.1. The number of aromatic nitrogens is 2. The number of carbonyl (C=O) groups is 1. The van der Waals surface area contributed by atoms with E-state index in [1.807, 2.05) is 56.3 Å². The zero-order valence-corrected chi connectivity index (χ0v) is 12.5. The first kappa shape index (κ1) is 14.9. The summed E-state index contributed by atoms with van der Waals surface area (Å²) in [5.74, 6) is -0.366. The molecular weight excluding hydrogens is 264 g/mol. The van der Waals surface area contributed by atoms with Crippen LogP contribution in [0.15, 0.2) is 36.4 Å². The van der Waals surface area contributed by atoms with Crippen LogP contribution in [0.1, 0.15) is 39.8 Å². The Balaban J connectivity index is 2.21. The number of aryl methyl sites for hydroxylation is 1. The molecule has 0 aliphatic heterocycles. The number of esters is 1. The van der Waals surface area contributed by atoms with E-state index in [-0.39, 0.29) is 12.6 Å². The van der Waals surface area contributed by atoms with Crippen molar-refractivity contribution in [2.24, 2.45) is 0 Å². The Morgan fingerprint density at radius 1 is 1.19 bits per heavy atom. The summed E-state index contributed by atoms with van der Waals surface area (Å²) >= 11 is 0. The predicted molar refractivity (Wildman–Crippen MR) is 81.8 cm³/mol. The van der Waals surface area contributed by atoms with Crippen molar-refractivity contribution in [3.8, 4) is 0 Å². The summed E-state index contributed by atoms with van der Waals surface area (Å²) < 4.78 is 5.38. The molecule has 0 aliphatic rings. The average molecular weight is 282 g/mol. The molecule has 0 radical (unpaired) electrons. The second kappa shape index (κ2) is 6.79. The number of rotatable bonds is 4. The Morgan fingerprint density at radius 3 is 2.57 bits per heavy atom. The minimum atomic E-state index is -0.366. The van der Waals surface area contributed by atoms with Crippen molar-refractivity contribution in [2.75, 3.05) is 0 Å². The van der Waals surface area contributed by atoms with Crippen LogP contribution in [-0.2, 0) is 11.3 Å². The van der Waals surface area contributed by atoms with Crippen molar-refractivity contribution in [1.29, 1.82) is 0 Å². The van der Waals surface area contributed by atoms with Crippen LogP contribution in [0.5, 0.6) is 0 Å². The Morgan fingerprint density at radius 2 is 1.90 bits per heavy atom. The second-order valence-corrected chi connectivity index (χ2v) is 4.73. The zero-order valence-electron chi connectivity index (χ0n) is 12.5. The lowest BCUT2D eigenvalue weighted by Gasteiger charge is -2.10. The highest BCUT2D eigenvalue weighted by molar-refractivity contribution is 5.92. The Kier molecular flexibility index (Phi) is 4.82. The zero-order chi connectivity index (χ0) is 15.2. The van der Waals surface area contributed by atoms with Crippen LogP contribution in [0.2, 0.25) is 0 Å². The van der Waals surface area contributed by atoms with E-state index in [4.69, 9.17) is 4.74 Å². The molecule has 0 N–H and O–H groups in total. The van der Waals surface area contributed by atoms with Gasteiger partial charge in [-0.3, -0.25) is 0 Å². The number of hydrogen-bond donors (Lipinski definition) is 0. The molecule has 0 unspecified atom stereocenters. The van der Waals surface area contributed by atoms with Crippen molar-refractivity contribution in [3.05, 3.63) is 64.5 Å². The molecule has 0 spiro atoms. The summed E-state index contributed by atoms with van der Waals surface area (Å²) in [6.07, 6.45) is 3.70. The molecule has 0 bridgehead atoms. The Labute approximate surface area is 124 Å². The van der Waals surface area contributed by atoms with Gasteiger partial charge >= 0.3 is 5.97 Å². The van der Waals surface area contributed by atoms with Gasteiger partial charge in [-0.1, -0.05) is 36.4 Å². The van der Waals surface area contributed by atoms with Gasteiger partial charge in [0.2, 0.25) is 0 Å². The highest BCUT2D eigenvalue weighted by atomic mass is 16.5. The number of allylic oxidation sites excluding steroid dienone is 1. The van der Waals surface area contributed by atoms with Gasteiger partial charge in [0.25, 0.3) is 0 Å². The van der Waals surface area contributed by atoms with E-state index in [1.54, 1.807) is 6.92 Å². The van der Waals surface area contributed by atoms with Gasteiger partial charge in [-0.05, 0) is 38.0 Å². The Hall–Kier alpha value is -2.49. The molecule has 0 amide bonds. The number of ether oxygens (including phenoxy) is 1. The molecule has 1 aromatic carbocycles. The highest BCUT2D eigenvalue weighted by Crippen LogP contribution is 2.17. The monoisotopic (exact) mass is 282 g/mol. The van der Waals surface area contributed by atoms with Crippen molar-refractivity contribution < 1.29 is 9.53 Å². The third-order valence-corrected chi connectivity index (χ3v) is 3.17. The Bertz CT molecular complexity index is 664. The summed E-state index contributed by atoms with van der Waals surface area (Å²) in [5.41, 5.74) is 3.51. The van der Waals surface area contributed by atoms with Crippen molar-refractivity contribution in [3.63, 3.8) is 0 Å². The smallest absolute Gasteiger partial charge is 0.340 e. The first-order valence-electron chi connectivity index (χ1n) is 6.81. The fourth-order valence-electron chi connectivity index (χ4n) is 2.07. The molecule has 0 atom stereocenters. The van der Waals surface area contributed by atoms with Gasteiger partial charge in [-0.15, -0.1) is 0 Å². The summed E-state index contributed by atoms with van der Waals surface area (Å²) in [7, 11) is 0. The van der Waals surface area contributed by atoms with Crippen molar-refractivity contribution in [2.45, 2.75) is 27.4 Å². The molecule has 0 fully saturated rings. The average Bonchev–Trinajstić information content (AvgIpc) is 2.49. The normalized spacial score (nSPS) is 10.8. The number of hydrogen-bond acceptors (Lipinski definition) is 4. The second-order valence-electron chi connectivity index (χ2n) is 4.73. The van der Waals surface area contributed by atoms with E-state index in [1.165, 1.54) is 0 Å². The minimum absolute atomic E-state index is 0.250. The van der Waals surface area contributed by atoms with Crippen LogP contribution in [0.25, 0.3) is 6.08 Å². The third-order valence-electron chi connectivity index (χ3n) is 3.17. The number of nitrogens with zero attached hydrogens (tertiary/aromatic N) is 2. The topological polar surface area (TPSA) is 52.1 Å². The summed E-state index contributed by atoms with van der Waals surface area (Å²) in [6.45, 7) is 5.77. The summed E-state index contributed by atoms with van der Waals surface area (Å²) in [6, 6.07) is 9.59. The standard InChI is InChI=1S/C17H18N2O2/c1-4-8-15-12(2)16(13(3)18-19-15)17(20)21-11-14-9-6-5-7-10-14/h4-10H,11H2,1-3H3/b8-4-. The minimum Gasteiger partial charge on any atom is -0.457 e. The van der Waals surface area contributed by atoms with E-state index in [0.717, 1.165) is 11.1 Å². The van der Waals surface area contributed by atoms with Crippen molar-refractivity contribution >= 4 is 12.0 Å². The van der Waals surface area contributed by atoms with E-state index in [2.05, 4.69) is 10.2 Å². The highest BCUT2D eigenvalue weighted by Gasteiger charge is 2.17. The molecule has 2 rings (SSSR count). The van der Waals surface area contributed by atoms with Crippen LogP contribution in [-0.4, -0.2) is 16.2 Å². The van der Waals surface area contributed by atoms with E-state index in [9.17, 15) is 4.79 Å². The predicted octanol–water partition coefficient (Wildman–Crippen LogP) is 3.48. The molecule has 2 aromatic rings. The van der Waals surface area contributed by atoms with E-state index >= 15 is 0 Å². The molecule has 1 heterocycles. The maximum atomic E-state index is 12.3. The van der Waals surface area contributed by atoms with Gasteiger partial charge in [0.15, 0.2) is 0 Å². The van der Waals surface area contributed by atoms with Crippen LogP contribution < -0.4 is 0 Å². The molecule has 4 heteroatoms. The largest absolute Gasteiger partial charge is 0.457 e. The van der Waals surface area contributed by atoms with Gasteiger partial charge in [0.05, 0.1) is 17.0 Å². The molecule has 108 valence electrons. The SMILES string of the molecule is C/C=C\c1nnc(C)c(C(=O)OCc2ccccc2)c1C. The molecule has 4 nitrogen and oxygen atoms in total. The summed E-state index contributed by atoms with van der Waals surface area (Å²) in [4.78, 5) is 12.3. The van der Waals surface area contributed by atoms with Gasteiger partial charge in [0.1, 0.15) is 6.61 Å². The van der Waals surface area contributed by atoms with Crippen LogP contribution in [0.4, 0.5) is 0 Å². The first-order chi connectivity index (χ1) is 10.1. The van der Waals surface area contributed by atoms with Crippen LogP contribution in [0.3, 0.4) is 0 Å². The van der Waals surface area contributed by atoms with E-state index < -0.39 is 0 Å². The maximum absolute atomic E-state index is 12.3. The molecule has 0 aliphatic carbocycles. The fourth-order valence-corrected chi connectivity index (χ4v) is 2.07. The number of benzene rings is 1. The molecular formula is C17H18N2O2. The van der Waals surface area contributed by atoms with E-state index in [0.29, 0.717) is 17.0 Å². The molecule has 0 saturated carbocycles. The van der Waals surface area contributed by atoms with Crippen LogP contribution in [0, 0.1) is 13.8 Å². The summed E-state index contributed by atoms with van der Waals surface area (Å²) in [5, 5.41) is 8.12. The number of carbonyl (C=O) groups excluding carboxylic acids is 1. The van der Waals surface area contributed by atoms with Crippen LogP contribution >= 0.6 is 0 Å². The van der Waals surface area contributed by atoms with Gasteiger partial charge < -0.3 is 4.74 Å². The molecule has 1 aromatic heterocycles. The molecule has 0 saturated heterocycles. The lowest BCUT2D eigenvalue weighted by Crippen LogP contribution is -2.12. The van der Waals surface area contributed by atoms with Gasteiger partial charge in [-0.2, -0.15) is 10.2 Å². The van der Waals surface area contributed by atoms with Crippen molar-refractivity contribution in [1.82, 2.24) is 10.2 Å². The first-order valence-corrected chi connectivity index (χ1v) is 6.81. The van der Waals surface area contributed by atoms with Gasteiger partial charge in [0, 0.05) is 0 Å². The molecule has 21 heavy (non-hydrogen) atoms. The third kappa shape index (κ3) is 3.54.